The van der Waals surface area contributed by atoms with Gasteiger partial charge in [-0.15, -0.1) is 0 Å². The van der Waals surface area contributed by atoms with Crippen LogP contribution in [-0.4, -0.2) is 50.5 Å². The van der Waals surface area contributed by atoms with Crippen molar-refractivity contribution in [1.82, 2.24) is 10.2 Å². The molecule has 0 bridgehead atoms. The number of halogens is 3. The van der Waals surface area contributed by atoms with E-state index in [2.05, 4.69) is 5.32 Å². The molecule has 0 spiro atoms. The quantitative estimate of drug-likeness (QED) is 0.439. The molecule has 2 rings (SSSR count). The number of carbonyl (C=O) groups excluding carboxylic acids is 2. The Bertz CT molecular complexity index is 1130. The number of benzene rings is 2. The van der Waals surface area contributed by atoms with Crippen molar-refractivity contribution in [2.45, 2.75) is 39.3 Å². The number of hydrogen-bond acceptors (Lipinski definition) is 4. The molecule has 0 radical (unpaired) electrons. The van der Waals surface area contributed by atoms with Crippen molar-refractivity contribution in [2.75, 3.05) is 23.7 Å². The van der Waals surface area contributed by atoms with Gasteiger partial charge in [0.15, 0.2) is 0 Å². The highest BCUT2D eigenvalue weighted by Crippen LogP contribution is 2.31. The zero-order chi connectivity index (χ0) is 25.5. The third-order valence-electron chi connectivity index (χ3n) is 5.09. The highest BCUT2D eigenvalue weighted by Gasteiger charge is 2.32. The number of amides is 2. The lowest BCUT2D eigenvalue weighted by molar-refractivity contribution is -0.140. The molecule has 0 saturated heterocycles. The molecule has 0 aliphatic carbocycles. The highest BCUT2D eigenvalue weighted by molar-refractivity contribution is 7.92. The first kappa shape index (κ1) is 28.2. The maximum atomic E-state index is 13.6. The number of carbonyl (C=O) groups is 2. The van der Waals surface area contributed by atoms with Gasteiger partial charge in [0.1, 0.15) is 12.6 Å². The summed E-state index contributed by atoms with van der Waals surface area (Å²) in [6, 6.07) is 10.5. The number of hydrogen-bond donors (Lipinski definition) is 1. The lowest BCUT2D eigenvalue weighted by atomic mass is 10.1. The first-order valence-electron chi connectivity index (χ1n) is 10.7. The van der Waals surface area contributed by atoms with Crippen molar-refractivity contribution in [3.63, 3.8) is 0 Å². The van der Waals surface area contributed by atoms with Crippen molar-refractivity contribution < 1.29 is 18.0 Å². The van der Waals surface area contributed by atoms with Crippen LogP contribution >= 0.6 is 34.8 Å². The Morgan fingerprint density at radius 2 is 1.71 bits per heavy atom. The molecule has 11 heteroatoms. The molecule has 0 aliphatic rings. The number of rotatable bonds is 11. The van der Waals surface area contributed by atoms with Crippen LogP contribution < -0.4 is 9.62 Å². The zero-order valence-corrected chi connectivity index (χ0v) is 22.3. The minimum Gasteiger partial charge on any atom is -0.354 e. The summed E-state index contributed by atoms with van der Waals surface area (Å²) in [7, 11) is -3.90. The monoisotopic (exact) mass is 547 g/mol. The molecule has 2 aromatic rings. The number of nitrogens with one attached hydrogen (secondary N) is 1. The molecule has 2 amide bonds. The van der Waals surface area contributed by atoms with Gasteiger partial charge in [0, 0.05) is 23.1 Å². The molecule has 2 aromatic carbocycles. The van der Waals surface area contributed by atoms with Crippen LogP contribution in [0.3, 0.4) is 0 Å². The molecular formula is C23H28Cl3N3O4S. The highest BCUT2D eigenvalue weighted by atomic mass is 35.5. The normalized spacial score (nSPS) is 12.2. The molecule has 0 aliphatic heterocycles. The van der Waals surface area contributed by atoms with E-state index in [-0.39, 0.29) is 23.2 Å². The molecular weight excluding hydrogens is 521 g/mol. The van der Waals surface area contributed by atoms with Crippen LogP contribution in [0, 0.1) is 0 Å². The summed E-state index contributed by atoms with van der Waals surface area (Å²) in [5.41, 5.74) is 0.748. The fraction of sp³-hybridized carbons (Fsp3) is 0.391. The van der Waals surface area contributed by atoms with E-state index in [1.54, 1.807) is 31.2 Å². The first-order chi connectivity index (χ1) is 16.0. The second-order valence-electron chi connectivity index (χ2n) is 7.69. The molecule has 0 fully saturated rings. The van der Waals surface area contributed by atoms with Crippen LogP contribution in [0.4, 0.5) is 5.69 Å². The zero-order valence-electron chi connectivity index (χ0n) is 19.2. The van der Waals surface area contributed by atoms with Gasteiger partial charge in [0.05, 0.1) is 17.0 Å². The van der Waals surface area contributed by atoms with Crippen molar-refractivity contribution in [3.8, 4) is 0 Å². The van der Waals surface area contributed by atoms with Gasteiger partial charge in [-0.2, -0.15) is 0 Å². The predicted octanol–water partition coefficient (Wildman–Crippen LogP) is 4.75. The van der Waals surface area contributed by atoms with E-state index in [0.29, 0.717) is 28.6 Å². The third-order valence-corrected chi connectivity index (χ3v) is 7.12. The summed E-state index contributed by atoms with van der Waals surface area (Å²) >= 11 is 18.5. The summed E-state index contributed by atoms with van der Waals surface area (Å²) in [5.74, 6) is -0.893. The van der Waals surface area contributed by atoms with Crippen LogP contribution in [0.5, 0.6) is 0 Å². The summed E-state index contributed by atoms with van der Waals surface area (Å²) in [5, 5.41) is 3.66. The van der Waals surface area contributed by atoms with E-state index in [1.165, 1.54) is 23.1 Å². The van der Waals surface area contributed by atoms with E-state index in [4.69, 9.17) is 34.8 Å². The van der Waals surface area contributed by atoms with Crippen molar-refractivity contribution in [2.24, 2.45) is 0 Å². The SMILES string of the molecule is CCCNC(=O)[C@@H](CC)N(Cc1ccccc1Cl)C(=O)CN(c1ccc(Cl)cc1Cl)S(C)(=O)=O. The fourth-order valence-corrected chi connectivity index (χ4v) is 4.99. The van der Waals surface area contributed by atoms with E-state index < -0.39 is 28.5 Å². The van der Waals surface area contributed by atoms with Gasteiger partial charge >= 0.3 is 0 Å². The molecule has 0 saturated carbocycles. The van der Waals surface area contributed by atoms with Crippen LogP contribution in [0.2, 0.25) is 15.1 Å². The van der Waals surface area contributed by atoms with Gasteiger partial charge in [-0.1, -0.05) is 66.8 Å². The fourth-order valence-electron chi connectivity index (χ4n) is 3.37. The Labute approximate surface area is 216 Å². The predicted molar refractivity (Wildman–Crippen MR) is 138 cm³/mol. The van der Waals surface area contributed by atoms with Crippen LogP contribution in [0.1, 0.15) is 32.3 Å². The van der Waals surface area contributed by atoms with E-state index >= 15 is 0 Å². The summed E-state index contributed by atoms with van der Waals surface area (Å²) < 4.78 is 26.1. The Morgan fingerprint density at radius 3 is 2.26 bits per heavy atom. The van der Waals surface area contributed by atoms with Gasteiger partial charge in [-0.3, -0.25) is 13.9 Å². The minimum absolute atomic E-state index is 0.0303. The standard InChI is InChI=1S/C23H28Cl3N3O4S/c1-4-12-27-23(31)20(5-2)28(14-16-8-6-7-9-18(16)25)22(30)15-29(34(3,32)33)21-11-10-17(24)13-19(21)26/h6-11,13,20H,4-5,12,14-15H2,1-3H3,(H,27,31)/t20-/m1/s1. The lowest BCUT2D eigenvalue weighted by Gasteiger charge is -2.33. The second kappa shape index (κ2) is 12.6. The molecule has 1 atom stereocenters. The summed E-state index contributed by atoms with van der Waals surface area (Å²) in [6.07, 6.45) is 2.04. The maximum Gasteiger partial charge on any atom is 0.244 e. The first-order valence-corrected chi connectivity index (χ1v) is 13.7. The molecule has 0 unspecified atom stereocenters. The van der Waals surface area contributed by atoms with Gasteiger partial charge < -0.3 is 10.2 Å². The summed E-state index contributed by atoms with van der Waals surface area (Å²) in [6.45, 7) is 3.64. The average Bonchev–Trinajstić information content (AvgIpc) is 2.76. The average molecular weight is 549 g/mol. The Balaban J connectivity index is 2.47. The van der Waals surface area contributed by atoms with Crippen LogP contribution in [0.15, 0.2) is 42.5 Å². The van der Waals surface area contributed by atoms with E-state index in [0.717, 1.165) is 17.0 Å². The van der Waals surface area contributed by atoms with E-state index in [9.17, 15) is 18.0 Å². The van der Waals surface area contributed by atoms with Crippen LogP contribution in [0.25, 0.3) is 0 Å². The van der Waals surface area contributed by atoms with Gasteiger partial charge in [-0.25, -0.2) is 8.42 Å². The second-order valence-corrected chi connectivity index (χ2v) is 10.9. The number of sulfonamides is 1. The van der Waals surface area contributed by atoms with Gasteiger partial charge in [-0.05, 0) is 42.7 Å². The number of anilines is 1. The Kier molecular flexibility index (Phi) is 10.5. The molecule has 1 N–H and O–H groups in total. The van der Waals surface area contributed by atoms with Gasteiger partial charge in [0.25, 0.3) is 0 Å². The van der Waals surface area contributed by atoms with Gasteiger partial charge in [0.2, 0.25) is 21.8 Å². The summed E-state index contributed by atoms with van der Waals surface area (Å²) in [4.78, 5) is 27.8. The Hall–Kier alpha value is -2.00. The van der Waals surface area contributed by atoms with Crippen molar-refractivity contribution in [3.05, 3.63) is 63.1 Å². The molecule has 186 valence electrons. The maximum absolute atomic E-state index is 13.6. The lowest BCUT2D eigenvalue weighted by Crippen LogP contribution is -2.52. The van der Waals surface area contributed by atoms with Crippen molar-refractivity contribution in [1.29, 1.82) is 0 Å². The Morgan fingerprint density at radius 1 is 1.03 bits per heavy atom. The van der Waals surface area contributed by atoms with E-state index in [1.807, 2.05) is 6.92 Å². The van der Waals surface area contributed by atoms with Crippen molar-refractivity contribution >= 4 is 62.3 Å². The third kappa shape index (κ3) is 7.50. The number of nitrogens with zero attached hydrogens (tertiary/aromatic N) is 2. The molecule has 0 aromatic heterocycles. The van der Waals surface area contributed by atoms with Crippen LogP contribution in [-0.2, 0) is 26.2 Å². The topological polar surface area (TPSA) is 86.8 Å². The smallest absolute Gasteiger partial charge is 0.244 e. The largest absolute Gasteiger partial charge is 0.354 e. The minimum atomic E-state index is -3.90. The molecule has 34 heavy (non-hydrogen) atoms. The molecule has 0 heterocycles. The molecule has 7 nitrogen and oxygen atoms in total.